The lowest BCUT2D eigenvalue weighted by Gasteiger charge is -2.15. The molecule has 3 aromatic carbocycles. The topological polar surface area (TPSA) is 555 Å². The molecule has 0 unspecified atom stereocenters. The molecule has 0 aromatic heterocycles. The molecule has 42 nitrogen and oxygen atoms in total. The molecule has 0 bridgehead atoms. The fourth-order valence-electron chi connectivity index (χ4n) is 8.83. The van der Waals surface area contributed by atoms with Crippen molar-refractivity contribution < 1.29 is 173 Å². The zero-order valence-electron chi connectivity index (χ0n) is 71.2. The van der Waals surface area contributed by atoms with Crippen LogP contribution in [-0.4, -0.2) is 340 Å². The van der Waals surface area contributed by atoms with Crippen LogP contribution in [0.1, 0.15) is 111 Å². The van der Waals surface area contributed by atoms with Gasteiger partial charge in [0.15, 0.2) is 17.3 Å². The average molecular weight is 1750 g/mol. The Labute approximate surface area is 713 Å². The number of methoxy groups -OCH3 is 3. The monoisotopic (exact) mass is 1750 g/mol. The van der Waals surface area contributed by atoms with Crippen LogP contribution in [0, 0.1) is 0 Å². The predicted octanol–water partition coefficient (Wildman–Crippen LogP) is -0.607. The number of aliphatic hydroxyl groups is 3. The Morgan fingerprint density at radius 3 is 0.553 bits per heavy atom. The van der Waals surface area contributed by atoms with Gasteiger partial charge in [-0.15, -0.1) is 0 Å². The van der Waals surface area contributed by atoms with Crippen molar-refractivity contribution in [1.82, 2.24) is 31.9 Å². The van der Waals surface area contributed by atoms with Gasteiger partial charge in [0.2, 0.25) is 35.4 Å². The lowest BCUT2D eigenvalue weighted by atomic mass is 9.97. The third-order valence-corrected chi connectivity index (χ3v) is 14.9. The van der Waals surface area contributed by atoms with Gasteiger partial charge in [-0.25, -0.2) is 0 Å². The first-order chi connectivity index (χ1) is 58.6. The first kappa shape index (κ1) is 110. The third-order valence-electron chi connectivity index (χ3n) is 14.9. The highest BCUT2D eigenvalue weighted by molar-refractivity contribution is 6.03. The zero-order valence-corrected chi connectivity index (χ0v) is 71.2. The number of benzene rings is 3. The number of carbonyl (C=O) groups is 15. The van der Waals surface area contributed by atoms with Crippen LogP contribution in [0.15, 0.2) is 72.8 Å². The highest BCUT2D eigenvalue weighted by Gasteiger charge is 2.28. The molecule has 0 aliphatic rings. The van der Waals surface area contributed by atoms with Gasteiger partial charge in [-0.2, -0.15) is 0 Å². The number of rotatable bonds is 66. The first-order valence-corrected chi connectivity index (χ1v) is 39.1. The summed E-state index contributed by atoms with van der Waals surface area (Å²) in [5, 5.41) is 44.1. The number of amides is 6. The number of carbonyl (C=O) groups excluding carboxylic acids is 15. The van der Waals surface area contributed by atoms with Crippen molar-refractivity contribution in [3.8, 4) is 17.2 Å². The molecule has 0 aliphatic carbocycles. The van der Waals surface area contributed by atoms with E-state index in [1.165, 1.54) is 77.9 Å². The number of hydrogen-bond acceptors (Lipinski definition) is 36. The van der Waals surface area contributed by atoms with E-state index in [0.717, 1.165) is 0 Å². The number of Topliss-reactive ketones (excluding diaryl/α,β-unsaturated/α-hetero) is 3. The minimum absolute atomic E-state index is 0.00175. The molecule has 0 fully saturated rings. The molecular weight excluding hydrogens is 1630 g/mol. The fourth-order valence-corrected chi connectivity index (χ4v) is 8.83. The lowest BCUT2D eigenvalue weighted by Crippen LogP contribution is -2.36. The van der Waals surface area contributed by atoms with Crippen LogP contribution in [0.2, 0.25) is 0 Å². The van der Waals surface area contributed by atoms with Gasteiger partial charge >= 0.3 is 35.8 Å². The molecule has 42 heteroatoms. The van der Waals surface area contributed by atoms with Gasteiger partial charge in [-0.1, -0.05) is 0 Å². The number of ketones is 3. The molecule has 9 N–H and O–H groups in total. The summed E-state index contributed by atoms with van der Waals surface area (Å²) in [7, 11) is 4.74. The number of hydrogen-bond donors (Lipinski definition) is 9. The second-order valence-corrected chi connectivity index (χ2v) is 26.9. The Balaban J connectivity index is 0.000000930. The zero-order chi connectivity index (χ0) is 91.5. The summed E-state index contributed by atoms with van der Waals surface area (Å²) < 4.78 is 91.6. The lowest BCUT2D eigenvalue weighted by molar-refractivity contribution is -0.149. The van der Waals surface area contributed by atoms with Crippen LogP contribution in [0.5, 0.6) is 17.2 Å². The van der Waals surface area contributed by atoms with Crippen LogP contribution < -0.4 is 46.1 Å². The van der Waals surface area contributed by atoms with E-state index in [2.05, 4.69) is 31.9 Å². The first-order valence-electron chi connectivity index (χ1n) is 39.1. The Morgan fingerprint density at radius 1 is 0.236 bits per heavy atom. The summed E-state index contributed by atoms with van der Waals surface area (Å²) >= 11 is 0. The maximum atomic E-state index is 12.0. The fraction of sp³-hybridized carbons (Fsp3) is 0.593. The van der Waals surface area contributed by atoms with Gasteiger partial charge in [-0.05, 0) is 114 Å². The molecule has 0 saturated heterocycles. The molecule has 0 heterocycles. The van der Waals surface area contributed by atoms with E-state index < -0.39 is 144 Å². The quantitative estimate of drug-likeness (QED) is 0.0112. The minimum atomic E-state index is -1.49. The molecule has 690 valence electrons. The van der Waals surface area contributed by atoms with E-state index in [0.29, 0.717) is 113 Å². The molecule has 0 saturated carbocycles. The second-order valence-electron chi connectivity index (χ2n) is 26.9. The van der Waals surface area contributed by atoms with Crippen LogP contribution in [0.3, 0.4) is 0 Å². The largest absolute Gasteiger partial charge is 0.490 e. The summed E-state index contributed by atoms with van der Waals surface area (Å²) in [6.07, 6.45) is -3.00. The second kappa shape index (κ2) is 66.8. The predicted molar refractivity (Wildman–Crippen MR) is 430 cm³/mol. The van der Waals surface area contributed by atoms with E-state index in [4.69, 9.17) is 85.3 Å². The SMILES string of the molecule is CC(C)(O)C(=O)c1ccc(OCCOC(=O)CC(=O)NCCNC(=O)CC(=O)OCCOc2ccc(C(=O)C(C)(C)O)cc2)cc1.COCCOCCOCCOC(=O)CC(=O)NCCNC(=O)CC(=O)OCCOCCOCCOC.COCCOCCOCCOC(=O)CC(=O)NCCNC(=O)CC(=O)OCCOc1ccc(C(=O)C(C)(C)O)cc1. The molecule has 0 spiro atoms. The van der Waals surface area contributed by atoms with Crippen LogP contribution in [-0.2, 0) is 129 Å². The van der Waals surface area contributed by atoms with Crippen LogP contribution >= 0.6 is 0 Å². The van der Waals surface area contributed by atoms with E-state index in [-0.39, 0.29) is 119 Å². The van der Waals surface area contributed by atoms with E-state index in [1.54, 1.807) is 57.7 Å². The molecule has 3 rings (SSSR count). The smallest absolute Gasteiger partial charge is 0.315 e. The van der Waals surface area contributed by atoms with Crippen LogP contribution in [0.4, 0.5) is 0 Å². The molecule has 0 atom stereocenters. The Bertz CT molecular complexity index is 3460. The standard InChI is InChI=1S/C32H40N2O12.C27H40N2O12.C22H40N2O12/c1-31(2,41)29(39)21-5-9-23(10-6-21)43-15-17-45-27(37)19-25(35)33-13-14-34-26(36)20-28(38)46-18-16-44-24-11-7-22(8-12-24)30(40)32(3,4)42;1-27(2,35)26(34)20-4-6-21(7-5-20)39-16-17-41-25(33)19-23(31)29-9-8-28-22(30)18-24(32)40-15-14-38-13-12-37-11-10-36-3;1-29-5-7-31-9-11-33-13-15-35-21(27)17-19(25)23-3-4-24-20(26)18-22(28)36-16-14-34-12-10-32-8-6-30-2/h5-12,41-42H,13-20H2,1-4H3,(H,33,35)(H,34,36);4-7,35H,8-19H2,1-3H3,(H,28,30)(H,29,31);3-18H2,1-2H3,(H,23,25)(H,24,26). The Morgan fingerprint density at radius 2 is 0.390 bits per heavy atom. The van der Waals surface area contributed by atoms with E-state index in [9.17, 15) is 87.2 Å². The van der Waals surface area contributed by atoms with Crippen molar-refractivity contribution in [2.75, 3.05) is 219 Å². The van der Waals surface area contributed by atoms with Gasteiger partial charge in [0, 0.05) is 77.3 Å². The summed E-state index contributed by atoms with van der Waals surface area (Å²) in [5.41, 5.74) is -3.49. The van der Waals surface area contributed by atoms with Crippen molar-refractivity contribution in [3.05, 3.63) is 89.5 Å². The third kappa shape index (κ3) is 60.4. The molecule has 0 aliphatic heterocycles. The maximum absolute atomic E-state index is 12.0. The Hall–Kier alpha value is -10.8. The Kier molecular flexibility index (Phi) is 59.9. The highest BCUT2D eigenvalue weighted by atomic mass is 16.6. The molecule has 0 radical (unpaired) electrons. The van der Waals surface area contributed by atoms with Gasteiger partial charge in [0.05, 0.1) is 99.1 Å². The van der Waals surface area contributed by atoms with Crippen molar-refractivity contribution in [2.24, 2.45) is 0 Å². The number of ether oxygens (including phenoxy) is 18. The van der Waals surface area contributed by atoms with Gasteiger partial charge in [0.25, 0.3) is 0 Å². The molecule has 123 heavy (non-hydrogen) atoms. The van der Waals surface area contributed by atoms with Crippen molar-refractivity contribution >= 4 is 88.6 Å². The minimum Gasteiger partial charge on any atom is -0.490 e. The summed E-state index contributed by atoms with van der Waals surface area (Å²) in [6.45, 7) is 14.1. The van der Waals surface area contributed by atoms with E-state index in [1.807, 2.05) is 0 Å². The van der Waals surface area contributed by atoms with Crippen LogP contribution in [0.25, 0.3) is 0 Å². The van der Waals surface area contributed by atoms with Gasteiger partial charge in [-0.3, -0.25) is 71.9 Å². The van der Waals surface area contributed by atoms with Gasteiger partial charge < -0.3 is 132 Å². The normalized spacial score (nSPS) is 10.9. The summed E-state index contributed by atoms with van der Waals surface area (Å²) in [5.74, 6) is -7.93. The molecular formula is C81H120N6O36. The average Bonchev–Trinajstić information content (AvgIpc) is 0.858. The van der Waals surface area contributed by atoms with E-state index >= 15 is 0 Å². The molecule has 3 aromatic rings. The van der Waals surface area contributed by atoms with Crippen molar-refractivity contribution in [1.29, 1.82) is 0 Å². The summed E-state index contributed by atoms with van der Waals surface area (Å²) in [4.78, 5) is 177. The molecule has 6 amide bonds. The summed E-state index contributed by atoms with van der Waals surface area (Å²) in [6, 6.07) is 18.3. The maximum Gasteiger partial charge on any atom is 0.315 e. The van der Waals surface area contributed by atoms with Crippen molar-refractivity contribution in [2.45, 2.75) is 96.9 Å². The highest BCUT2D eigenvalue weighted by Crippen LogP contribution is 2.20. The number of nitrogens with one attached hydrogen (secondary N) is 6. The number of esters is 6. The van der Waals surface area contributed by atoms with Gasteiger partial charge in [0.1, 0.15) is 132 Å². The van der Waals surface area contributed by atoms with Crippen molar-refractivity contribution in [3.63, 3.8) is 0 Å².